The zero-order chi connectivity index (χ0) is 20.0. The average molecular weight is 371 g/mol. The molecule has 2 N–H and O–H groups in total. The number of rotatable bonds is 6. The zero-order valence-electron chi connectivity index (χ0n) is 15.3. The van der Waals surface area contributed by atoms with Gasteiger partial charge in [0.1, 0.15) is 11.5 Å². The summed E-state index contributed by atoms with van der Waals surface area (Å²) < 4.78 is 5.39. The van der Waals surface area contributed by atoms with Crippen LogP contribution in [0.2, 0.25) is 0 Å². The van der Waals surface area contributed by atoms with E-state index in [-0.39, 0.29) is 29.0 Å². The van der Waals surface area contributed by atoms with Gasteiger partial charge in [-0.1, -0.05) is 32.9 Å². The van der Waals surface area contributed by atoms with Gasteiger partial charge in [-0.3, -0.25) is 14.9 Å². The molecule has 27 heavy (non-hydrogen) atoms. The van der Waals surface area contributed by atoms with E-state index < -0.39 is 10.8 Å². The Bertz CT molecular complexity index is 855. The lowest BCUT2D eigenvalue weighted by Gasteiger charge is -2.19. The van der Waals surface area contributed by atoms with Gasteiger partial charge in [-0.25, -0.2) is 5.43 Å². The van der Waals surface area contributed by atoms with E-state index >= 15 is 0 Å². The number of ether oxygens (including phenoxy) is 1. The number of amides is 1. The summed E-state index contributed by atoms with van der Waals surface area (Å²) in [6.07, 6.45) is 1.12. The van der Waals surface area contributed by atoms with Crippen LogP contribution in [0.25, 0.3) is 0 Å². The van der Waals surface area contributed by atoms with Crippen LogP contribution in [-0.2, 0) is 10.2 Å². The molecule has 0 saturated carbocycles. The Morgan fingerprint density at radius 2 is 1.93 bits per heavy atom. The van der Waals surface area contributed by atoms with Gasteiger partial charge in [-0.05, 0) is 29.2 Å². The van der Waals surface area contributed by atoms with E-state index in [2.05, 4.69) is 31.3 Å². The maximum absolute atomic E-state index is 11.8. The molecule has 0 aliphatic rings. The first-order valence-electron chi connectivity index (χ1n) is 8.19. The van der Waals surface area contributed by atoms with E-state index in [4.69, 9.17) is 4.74 Å². The highest BCUT2D eigenvalue weighted by Gasteiger charge is 2.13. The molecule has 0 spiro atoms. The molecule has 8 nitrogen and oxygen atoms in total. The highest BCUT2D eigenvalue weighted by atomic mass is 16.6. The molecule has 0 saturated heterocycles. The van der Waals surface area contributed by atoms with E-state index in [1.165, 1.54) is 12.1 Å². The SMILES string of the molecule is CC(C)(C)c1ccc(OCC(=O)NN=Cc2cc([N+](=O)[O-])ccc2O)cc1. The first-order valence-corrected chi connectivity index (χ1v) is 8.19. The Labute approximate surface area is 156 Å². The van der Waals surface area contributed by atoms with Crippen LogP contribution in [0.3, 0.4) is 0 Å². The molecule has 2 aromatic rings. The minimum atomic E-state index is -0.589. The number of hydrogen-bond donors (Lipinski definition) is 2. The van der Waals surface area contributed by atoms with Crippen LogP contribution >= 0.6 is 0 Å². The molecule has 0 heterocycles. The highest BCUT2D eigenvalue weighted by molar-refractivity contribution is 5.86. The number of nitrogens with zero attached hydrogens (tertiary/aromatic N) is 2. The van der Waals surface area contributed by atoms with E-state index in [0.717, 1.165) is 17.8 Å². The molecule has 0 unspecified atom stereocenters. The molecule has 1 amide bonds. The Balaban J connectivity index is 1.88. The molecule has 2 aromatic carbocycles. The quantitative estimate of drug-likeness (QED) is 0.460. The first-order chi connectivity index (χ1) is 12.7. The minimum Gasteiger partial charge on any atom is -0.507 e. The predicted octanol–water partition coefficient (Wildman–Crippen LogP) is 3.13. The van der Waals surface area contributed by atoms with Crippen molar-refractivity contribution in [2.75, 3.05) is 6.61 Å². The largest absolute Gasteiger partial charge is 0.507 e. The van der Waals surface area contributed by atoms with Gasteiger partial charge < -0.3 is 9.84 Å². The molecule has 0 radical (unpaired) electrons. The van der Waals surface area contributed by atoms with E-state index in [9.17, 15) is 20.0 Å². The molecule has 2 rings (SSSR count). The number of hydrazone groups is 1. The van der Waals surface area contributed by atoms with Crippen LogP contribution in [0.4, 0.5) is 5.69 Å². The highest BCUT2D eigenvalue weighted by Crippen LogP contribution is 2.24. The fourth-order valence-electron chi connectivity index (χ4n) is 2.17. The van der Waals surface area contributed by atoms with E-state index in [1.54, 1.807) is 12.1 Å². The third-order valence-electron chi connectivity index (χ3n) is 3.71. The summed E-state index contributed by atoms with van der Waals surface area (Å²) in [6, 6.07) is 11.0. The van der Waals surface area contributed by atoms with Gasteiger partial charge in [0.05, 0.1) is 11.1 Å². The maximum atomic E-state index is 11.8. The van der Waals surface area contributed by atoms with Crippen molar-refractivity contribution in [1.29, 1.82) is 0 Å². The zero-order valence-corrected chi connectivity index (χ0v) is 15.3. The van der Waals surface area contributed by atoms with Crippen molar-refractivity contribution in [2.45, 2.75) is 26.2 Å². The summed E-state index contributed by atoms with van der Waals surface area (Å²) in [7, 11) is 0. The van der Waals surface area contributed by atoms with Crippen LogP contribution < -0.4 is 10.2 Å². The fourth-order valence-corrected chi connectivity index (χ4v) is 2.17. The third-order valence-corrected chi connectivity index (χ3v) is 3.71. The molecule has 0 aliphatic heterocycles. The standard InChI is InChI=1S/C19H21N3O5/c1-19(2,3)14-4-7-16(8-5-14)27-12-18(24)21-20-11-13-10-15(22(25)26)6-9-17(13)23/h4-11,23H,12H2,1-3H3,(H,21,24). The monoisotopic (exact) mass is 371 g/mol. The number of non-ortho nitro benzene ring substituents is 1. The Kier molecular flexibility index (Phi) is 6.12. The molecule has 0 bridgehead atoms. The molecule has 0 fully saturated rings. The van der Waals surface area contributed by atoms with Crippen LogP contribution in [0.1, 0.15) is 31.9 Å². The van der Waals surface area contributed by atoms with E-state index in [0.29, 0.717) is 5.75 Å². The van der Waals surface area contributed by atoms with Gasteiger partial charge in [0, 0.05) is 17.7 Å². The third kappa shape index (κ3) is 5.81. The second-order valence-corrected chi connectivity index (χ2v) is 6.86. The van der Waals surface area contributed by atoms with E-state index in [1.807, 2.05) is 12.1 Å². The second kappa shape index (κ2) is 8.31. The minimum absolute atomic E-state index is 0.0304. The molecule has 0 aromatic heterocycles. The number of hydrogen-bond acceptors (Lipinski definition) is 6. The summed E-state index contributed by atoms with van der Waals surface area (Å²) in [6.45, 7) is 6.07. The lowest BCUT2D eigenvalue weighted by molar-refractivity contribution is -0.384. The number of phenolic OH excluding ortho intramolecular Hbond substituents is 1. The van der Waals surface area contributed by atoms with Crippen molar-refractivity contribution in [3.05, 3.63) is 63.7 Å². The number of carbonyl (C=O) groups is 1. The average Bonchev–Trinajstić information content (AvgIpc) is 2.61. The van der Waals surface area contributed by atoms with Gasteiger partial charge in [0.15, 0.2) is 6.61 Å². The van der Waals surface area contributed by atoms with Gasteiger partial charge in [0.2, 0.25) is 0 Å². The lowest BCUT2D eigenvalue weighted by atomic mass is 9.87. The Hall–Kier alpha value is -3.42. The number of phenols is 1. The van der Waals surface area contributed by atoms with Crippen LogP contribution in [-0.4, -0.2) is 28.8 Å². The van der Waals surface area contributed by atoms with Crippen LogP contribution in [0.5, 0.6) is 11.5 Å². The first kappa shape index (κ1) is 19.9. The topological polar surface area (TPSA) is 114 Å². The summed E-state index contributed by atoms with van der Waals surface area (Å²) in [5.41, 5.74) is 3.34. The molecule has 0 atom stereocenters. The summed E-state index contributed by atoms with van der Waals surface area (Å²) in [5.74, 6) is -0.136. The van der Waals surface area contributed by atoms with Gasteiger partial charge in [0.25, 0.3) is 11.6 Å². The number of aromatic hydroxyl groups is 1. The smallest absolute Gasteiger partial charge is 0.277 e. The predicted molar refractivity (Wildman–Crippen MR) is 101 cm³/mol. The molecular weight excluding hydrogens is 350 g/mol. The van der Waals surface area contributed by atoms with Crippen molar-refractivity contribution in [2.24, 2.45) is 5.10 Å². The Morgan fingerprint density at radius 1 is 1.26 bits per heavy atom. The van der Waals surface area contributed by atoms with Gasteiger partial charge in [-0.2, -0.15) is 5.10 Å². The summed E-state index contributed by atoms with van der Waals surface area (Å²) >= 11 is 0. The lowest BCUT2D eigenvalue weighted by Crippen LogP contribution is -2.24. The van der Waals surface area contributed by atoms with Crippen LogP contribution in [0, 0.1) is 10.1 Å². The normalized spacial score (nSPS) is 11.4. The number of nitro groups is 1. The Morgan fingerprint density at radius 3 is 2.52 bits per heavy atom. The number of nitro benzene ring substituents is 1. The maximum Gasteiger partial charge on any atom is 0.277 e. The van der Waals surface area contributed by atoms with Crippen molar-refractivity contribution in [3.63, 3.8) is 0 Å². The number of nitrogens with one attached hydrogen (secondary N) is 1. The van der Waals surface area contributed by atoms with Crippen molar-refractivity contribution in [3.8, 4) is 11.5 Å². The molecule has 8 heteroatoms. The molecular formula is C19H21N3O5. The summed E-state index contributed by atoms with van der Waals surface area (Å²) in [5, 5.41) is 24.1. The molecule has 0 aliphatic carbocycles. The summed E-state index contributed by atoms with van der Waals surface area (Å²) in [4.78, 5) is 21.9. The van der Waals surface area contributed by atoms with Crippen molar-refractivity contribution < 1.29 is 19.6 Å². The number of carbonyl (C=O) groups excluding carboxylic acids is 1. The van der Waals surface area contributed by atoms with Crippen molar-refractivity contribution in [1.82, 2.24) is 5.43 Å². The van der Waals surface area contributed by atoms with Crippen molar-refractivity contribution >= 4 is 17.8 Å². The van der Waals surface area contributed by atoms with Gasteiger partial charge >= 0.3 is 0 Å². The van der Waals surface area contributed by atoms with Crippen LogP contribution in [0.15, 0.2) is 47.6 Å². The number of benzene rings is 2. The molecule has 142 valence electrons. The second-order valence-electron chi connectivity index (χ2n) is 6.86. The van der Waals surface area contributed by atoms with Gasteiger partial charge in [-0.15, -0.1) is 0 Å². The fraction of sp³-hybridized carbons (Fsp3) is 0.263.